The molecule has 0 amide bonds. The molecular weight excluding hydrogens is 268 g/mol. The number of ether oxygens (including phenoxy) is 1. The van der Waals surface area contributed by atoms with Crippen LogP contribution in [0.3, 0.4) is 0 Å². The first-order valence-electron chi connectivity index (χ1n) is 7.63. The molecule has 0 unspecified atom stereocenters. The summed E-state index contributed by atoms with van der Waals surface area (Å²) in [6.07, 6.45) is 4.66. The first kappa shape index (κ1) is 15.8. The molecule has 0 atom stereocenters. The summed E-state index contributed by atoms with van der Waals surface area (Å²) in [7, 11) is 5.56. The molecule has 0 aliphatic carbocycles. The van der Waals surface area contributed by atoms with Gasteiger partial charge < -0.3 is 19.9 Å². The number of hydrogen-bond acceptors (Lipinski definition) is 7. The predicted octanol–water partition coefficient (Wildman–Crippen LogP) is 1.38. The molecule has 7 nitrogen and oxygen atoms in total. The third kappa shape index (κ3) is 4.42. The van der Waals surface area contributed by atoms with E-state index in [-0.39, 0.29) is 0 Å². The SMILES string of the molecule is CNc1nc(N(C)CCCOC)nc(N2CCCCC2)n1. The van der Waals surface area contributed by atoms with Crippen LogP contribution in [-0.2, 0) is 4.74 Å². The minimum atomic E-state index is 0.624. The van der Waals surface area contributed by atoms with E-state index in [4.69, 9.17) is 4.74 Å². The van der Waals surface area contributed by atoms with Crippen LogP contribution in [0.1, 0.15) is 25.7 Å². The molecule has 1 aliphatic rings. The van der Waals surface area contributed by atoms with Gasteiger partial charge in [0.1, 0.15) is 0 Å². The number of methoxy groups -OCH3 is 1. The number of nitrogens with zero attached hydrogens (tertiary/aromatic N) is 5. The van der Waals surface area contributed by atoms with Gasteiger partial charge >= 0.3 is 0 Å². The summed E-state index contributed by atoms with van der Waals surface area (Å²) in [6, 6.07) is 0. The van der Waals surface area contributed by atoms with E-state index < -0.39 is 0 Å². The minimum absolute atomic E-state index is 0.624. The maximum absolute atomic E-state index is 5.09. The van der Waals surface area contributed by atoms with E-state index in [1.54, 1.807) is 7.11 Å². The lowest BCUT2D eigenvalue weighted by atomic mass is 10.1. The van der Waals surface area contributed by atoms with Crippen LogP contribution in [0.2, 0.25) is 0 Å². The highest BCUT2D eigenvalue weighted by molar-refractivity contribution is 5.44. The number of hydrogen-bond donors (Lipinski definition) is 1. The Hall–Kier alpha value is -1.63. The third-order valence-electron chi connectivity index (χ3n) is 3.66. The first-order chi connectivity index (χ1) is 10.2. The van der Waals surface area contributed by atoms with Crippen LogP contribution in [0.25, 0.3) is 0 Å². The molecule has 2 rings (SSSR count). The standard InChI is InChI=1S/C14H26N6O/c1-15-12-16-13(19(2)8-7-11-21-3)18-14(17-12)20-9-5-4-6-10-20/h4-11H2,1-3H3,(H,15,16,17,18). The molecule has 1 saturated heterocycles. The van der Waals surface area contributed by atoms with Crippen LogP contribution in [-0.4, -0.2) is 62.4 Å². The summed E-state index contributed by atoms with van der Waals surface area (Å²) in [5, 5.41) is 3.03. The number of aromatic nitrogens is 3. The van der Waals surface area contributed by atoms with E-state index in [9.17, 15) is 0 Å². The number of nitrogens with one attached hydrogen (secondary N) is 1. The fraction of sp³-hybridized carbons (Fsp3) is 0.786. The lowest BCUT2D eigenvalue weighted by molar-refractivity contribution is 0.196. The van der Waals surface area contributed by atoms with Gasteiger partial charge in [0.2, 0.25) is 17.8 Å². The van der Waals surface area contributed by atoms with Crippen molar-refractivity contribution in [2.75, 3.05) is 62.6 Å². The molecule has 2 heterocycles. The normalized spacial score (nSPS) is 15.1. The fourth-order valence-corrected chi connectivity index (χ4v) is 2.42. The van der Waals surface area contributed by atoms with E-state index in [0.29, 0.717) is 11.9 Å². The van der Waals surface area contributed by atoms with Crippen molar-refractivity contribution < 1.29 is 4.74 Å². The second-order valence-electron chi connectivity index (χ2n) is 5.32. The van der Waals surface area contributed by atoms with E-state index in [0.717, 1.165) is 38.6 Å². The van der Waals surface area contributed by atoms with Gasteiger partial charge in [-0.2, -0.15) is 15.0 Å². The topological polar surface area (TPSA) is 66.4 Å². The van der Waals surface area contributed by atoms with Gasteiger partial charge in [-0.05, 0) is 25.7 Å². The zero-order chi connectivity index (χ0) is 15.1. The second kappa shape index (κ2) is 7.97. The van der Waals surface area contributed by atoms with Gasteiger partial charge in [0.25, 0.3) is 0 Å². The van der Waals surface area contributed by atoms with Crippen LogP contribution in [0, 0.1) is 0 Å². The zero-order valence-corrected chi connectivity index (χ0v) is 13.3. The molecule has 1 aromatic rings. The van der Waals surface area contributed by atoms with Gasteiger partial charge in [-0.25, -0.2) is 0 Å². The average Bonchev–Trinajstić information content (AvgIpc) is 2.55. The van der Waals surface area contributed by atoms with Gasteiger partial charge in [0, 0.05) is 47.4 Å². The van der Waals surface area contributed by atoms with Gasteiger partial charge in [-0.15, -0.1) is 0 Å². The Balaban J connectivity index is 2.12. The van der Waals surface area contributed by atoms with Crippen molar-refractivity contribution in [1.82, 2.24) is 15.0 Å². The average molecular weight is 294 g/mol. The molecule has 0 bridgehead atoms. The molecule has 0 aromatic carbocycles. The molecular formula is C14H26N6O. The zero-order valence-electron chi connectivity index (χ0n) is 13.3. The van der Waals surface area contributed by atoms with E-state index in [1.165, 1.54) is 19.3 Å². The van der Waals surface area contributed by atoms with E-state index in [2.05, 4.69) is 30.1 Å². The molecule has 118 valence electrons. The molecule has 1 fully saturated rings. The smallest absolute Gasteiger partial charge is 0.231 e. The Morgan fingerprint density at radius 1 is 1.19 bits per heavy atom. The van der Waals surface area contributed by atoms with E-state index in [1.807, 2.05) is 14.1 Å². The van der Waals surface area contributed by atoms with Crippen molar-refractivity contribution in [3.05, 3.63) is 0 Å². The fourth-order valence-electron chi connectivity index (χ4n) is 2.42. The van der Waals surface area contributed by atoms with Crippen molar-refractivity contribution in [3.8, 4) is 0 Å². The van der Waals surface area contributed by atoms with Crippen LogP contribution < -0.4 is 15.1 Å². The lowest BCUT2D eigenvalue weighted by Gasteiger charge is -2.27. The Labute approximate surface area is 126 Å². The number of piperidine rings is 1. The monoisotopic (exact) mass is 294 g/mol. The van der Waals surface area contributed by atoms with Gasteiger partial charge in [-0.3, -0.25) is 0 Å². The predicted molar refractivity (Wildman–Crippen MR) is 85.2 cm³/mol. The lowest BCUT2D eigenvalue weighted by Crippen LogP contribution is -2.32. The number of anilines is 3. The van der Waals surface area contributed by atoms with Crippen LogP contribution in [0.4, 0.5) is 17.8 Å². The van der Waals surface area contributed by atoms with Gasteiger partial charge in [0.15, 0.2) is 0 Å². The number of rotatable bonds is 7. The summed E-state index contributed by atoms with van der Waals surface area (Å²) in [4.78, 5) is 17.9. The molecule has 0 radical (unpaired) electrons. The summed E-state index contributed by atoms with van der Waals surface area (Å²) in [5.41, 5.74) is 0. The van der Waals surface area contributed by atoms with Crippen LogP contribution in [0.5, 0.6) is 0 Å². The van der Waals surface area contributed by atoms with Crippen molar-refractivity contribution in [2.24, 2.45) is 0 Å². The van der Waals surface area contributed by atoms with Crippen molar-refractivity contribution >= 4 is 17.8 Å². The van der Waals surface area contributed by atoms with E-state index >= 15 is 0 Å². The molecule has 0 spiro atoms. The van der Waals surface area contributed by atoms with Crippen molar-refractivity contribution in [3.63, 3.8) is 0 Å². The largest absolute Gasteiger partial charge is 0.385 e. The van der Waals surface area contributed by atoms with Crippen LogP contribution >= 0.6 is 0 Å². The molecule has 7 heteroatoms. The first-order valence-corrected chi connectivity index (χ1v) is 7.63. The molecule has 1 aromatic heterocycles. The second-order valence-corrected chi connectivity index (χ2v) is 5.32. The Morgan fingerprint density at radius 2 is 1.95 bits per heavy atom. The molecule has 1 aliphatic heterocycles. The third-order valence-corrected chi connectivity index (χ3v) is 3.66. The molecule has 21 heavy (non-hydrogen) atoms. The van der Waals surface area contributed by atoms with Crippen molar-refractivity contribution in [2.45, 2.75) is 25.7 Å². The molecule has 1 N–H and O–H groups in total. The quantitative estimate of drug-likeness (QED) is 0.762. The Morgan fingerprint density at radius 3 is 2.62 bits per heavy atom. The summed E-state index contributed by atoms with van der Waals surface area (Å²) < 4.78 is 5.09. The highest BCUT2D eigenvalue weighted by Crippen LogP contribution is 2.19. The summed E-state index contributed by atoms with van der Waals surface area (Å²) in [5.74, 6) is 2.12. The summed E-state index contributed by atoms with van der Waals surface area (Å²) in [6.45, 7) is 3.66. The Kier molecular flexibility index (Phi) is 5.98. The van der Waals surface area contributed by atoms with Crippen molar-refractivity contribution in [1.29, 1.82) is 0 Å². The summed E-state index contributed by atoms with van der Waals surface area (Å²) >= 11 is 0. The highest BCUT2D eigenvalue weighted by Gasteiger charge is 2.17. The molecule has 0 saturated carbocycles. The maximum Gasteiger partial charge on any atom is 0.231 e. The van der Waals surface area contributed by atoms with Gasteiger partial charge in [-0.1, -0.05) is 0 Å². The Bertz CT molecular complexity index is 435. The van der Waals surface area contributed by atoms with Crippen LogP contribution in [0.15, 0.2) is 0 Å². The van der Waals surface area contributed by atoms with Gasteiger partial charge in [0.05, 0.1) is 0 Å². The minimum Gasteiger partial charge on any atom is -0.385 e. The maximum atomic E-state index is 5.09. The highest BCUT2D eigenvalue weighted by atomic mass is 16.5.